The Morgan fingerprint density at radius 2 is 2.29 bits per heavy atom. The van der Waals surface area contributed by atoms with E-state index in [0.29, 0.717) is 29.0 Å². The van der Waals surface area contributed by atoms with Crippen LogP contribution in [0.3, 0.4) is 0 Å². The molecule has 1 fully saturated rings. The van der Waals surface area contributed by atoms with Gasteiger partial charge >= 0.3 is 0 Å². The number of ether oxygens (including phenoxy) is 1. The van der Waals surface area contributed by atoms with Crippen molar-refractivity contribution in [2.45, 2.75) is 18.6 Å². The molecule has 5 nitrogen and oxygen atoms in total. The minimum absolute atomic E-state index is 0.0748. The molecule has 0 aliphatic carbocycles. The molecule has 1 aromatic carbocycles. The summed E-state index contributed by atoms with van der Waals surface area (Å²) in [6.07, 6.45) is 0.533. The van der Waals surface area contributed by atoms with Crippen LogP contribution in [0, 0.1) is 0 Å². The van der Waals surface area contributed by atoms with Gasteiger partial charge in [0, 0.05) is 19.0 Å². The van der Waals surface area contributed by atoms with E-state index >= 15 is 0 Å². The third-order valence-electron chi connectivity index (χ3n) is 3.91. The van der Waals surface area contributed by atoms with E-state index in [-0.39, 0.29) is 30.4 Å². The molecule has 1 amide bonds. The fourth-order valence-electron chi connectivity index (χ4n) is 2.75. The van der Waals surface area contributed by atoms with E-state index in [1.165, 1.54) is 0 Å². The Labute approximate surface area is 127 Å². The standard InChI is InChI=1S/C15H16ClNO4/c1-20-10-6-9(8-18)17(7-10)15(19)14-13(16)11-4-2-3-5-12(11)21-14/h2-5,9-10,18H,6-8H2,1H3/t9-,10+/m0/s1. The number of para-hydroxylation sites is 1. The number of fused-ring (bicyclic) bond motifs is 1. The van der Waals surface area contributed by atoms with Gasteiger partial charge in [0.05, 0.1) is 23.8 Å². The number of methoxy groups -OCH3 is 1. The number of furan rings is 1. The summed E-state index contributed by atoms with van der Waals surface area (Å²) in [7, 11) is 1.60. The van der Waals surface area contributed by atoms with Gasteiger partial charge in [0.1, 0.15) is 5.58 Å². The molecule has 3 rings (SSSR count). The second-order valence-electron chi connectivity index (χ2n) is 5.13. The van der Waals surface area contributed by atoms with E-state index in [1.807, 2.05) is 18.2 Å². The summed E-state index contributed by atoms with van der Waals surface area (Å²) >= 11 is 6.26. The lowest BCUT2D eigenvalue weighted by molar-refractivity contribution is 0.0620. The number of likely N-dealkylation sites (tertiary alicyclic amines) is 1. The number of carbonyl (C=O) groups excluding carboxylic acids is 1. The number of amides is 1. The first-order valence-electron chi connectivity index (χ1n) is 6.77. The van der Waals surface area contributed by atoms with E-state index in [1.54, 1.807) is 18.1 Å². The Balaban J connectivity index is 1.95. The van der Waals surface area contributed by atoms with Crippen molar-refractivity contribution in [2.75, 3.05) is 20.3 Å². The molecule has 112 valence electrons. The Kier molecular flexibility index (Phi) is 3.89. The quantitative estimate of drug-likeness (QED) is 0.945. The van der Waals surface area contributed by atoms with Gasteiger partial charge in [-0.3, -0.25) is 4.79 Å². The first kappa shape index (κ1) is 14.4. The summed E-state index contributed by atoms with van der Waals surface area (Å²) < 4.78 is 10.9. The smallest absolute Gasteiger partial charge is 0.291 e. The zero-order valence-corrected chi connectivity index (χ0v) is 12.3. The van der Waals surface area contributed by atoms with Gasteiger partial charge in [-0.1, -0.05) is 23.7 Å². The van der Waals surface area contributed by atoms with Crippen molar-refractivity contribution < 1.29 is 19.1 Å². The van der Waals surface area contributed by atoms with Gasteiger partial charge < -0.3 is 19.2 Å². The van der Waals surface area contributed by atoms with Crippen molar-refractivity contribution in [2.24, 2.45) is 0 Å². The van der Waals surface area contributed by atoms with Gasteiger partial charge in [0.15, 0.2) is 0 Å². The Bertz CT molecular complexity index is 669. The average molecular weight is 310 g/mol. The van der Waals surface area contributed by atoms with Gasteiger partial charge in [-0.15, -0.1) is 0 Å². The van der Waals surface area contributed by atoms with Crippen molar-refractivity contribution in [1.29, 1.82) is 0 Å². The molecule has 1 N–H and O–H groups in total. The molecule has 2 aromatic rings. The van der Waals surface area contributed by atoms with Crippen molar-refractivity contribution >= 4 is 28.5 Å². The van der Waals surface area contributed by atoms with Gasteiger partial charge in [0.2, 0.25) is 5.76 Å². The molecule has 1 aromatic heterocycles. The lowest BCUT2D eigenvalue weighted by atomic mass is 10.2. The van der Waals surface area contributed by atoms with Crippen LogP contribution >= 0.6 is 11.6 Å². The van der Waals surface area contributed by atoms with Gasteiger partial charge in [-0.25, -0.2) is 0 Å². The number of carbonyl (C=O) groups is 1. The van der Waals surface area contributed by atoms with Crippen LogP contribution in [0.1, 0.15) is 17.0 Å². The number of rotatable bonds is 3. The van der Waals surface area contributed by atoms with Crippen molar-refractivity contribution in [3.63, 3.8) is 0 Å². The first-order chi connectivity index (χ1) is 10.2. The first-order valence-corrected chi connectivity index (χ1v) is 7.15. The molecule has 2 atom stereocenters. The predicted molar refractivity (Wildman–Crippen MR) is 78.5 cm³/mol. The fraction of sp³-hybridized carbons (Fsp3) is 0.400. The van der Waals surface area contributed by atoms with E-state index in [0.717, 1.165) is 0 Å². The summed E-state index contributed by atoms with van der Waals surface area (Å²) in [6, 6.07) is 6.97. The molecule has 2 heterocycles. The number of aliphatic hydroxyl groups excluding tert-OH is 1. The van der Waals surface area contributed by atoms with E-state index < -0.39 is 0 Å². The maximum Gasteiger partial charge on any atom is 0.291 e. The molecular weight excluding hydrogens is 294 g/mol. The van der Waals surface area contributed by atoms with Crippen LogP contribution in [0.25, 0.3) is 11.0 Å². The molecular formula is C15H16ClNO4. The van der Waals surface area contributed by atoms with Crippen LogP contribution in [0.4, 0.5) is 0 Å². The van der Waals surface area contributed by atoms with Crippen LogP contribution in [0.15, 0.2) is 28.7 Å². The van der Waals surface area contributed by atoms with E-state index in [2.05, 4.69) is 0 Å². The number of aliphatic hydroxyl groups is 1. The highest BCUT2D eigenvalue weighted by Gasteiger charge is 2.37. The molecule has 1 aliphatic heterocycles. The normalized spacial score (nSPS) is 22.1. The van der Waals surface area contributed by atoms with Crippen molar-refractivity contribution in [1.82, 2.24) is 4.90 Å². The number of benzene rings is 1. The van der Waals surface area contributed by atoms with Crippen LogP contribution < -0.4 is 0 Å². The van der Waals surface area contributed by atoms with Crippen molar-refractivity contribution in [3.05, 3.63) is 35.0 Å². The number of halogens is 1. The molecule has 0 unspecified atom stereocenters. The molecule has 1 saturated heterocycles. The summed E-state index contributed by atoms with van der Waals surface area (Å²) in [5, 5.41) is 10.5. The van der Waals surface area contributed by atoms with Crippen molar-refractivity contribution in [3.8, 4) is 0 Å². The third-order valence-corrected chi connectivity index (χ3v) is 4.29. The number of nitrogens with zero attached hydrogens (tertiary/aromatic N) is 1. The molecule has 0 bridgehead atoms. The number of hydrogen-bond acceptors (Lipinski definition) is 4. The lowest BCUT2D eigenvalue weighted by Gasteiger charge is -2.21. The molecule has 21 heavy (non-hydrogen) atoms. The molecule has 6 heteroatoms. The van der Waals surface area contributed by atoms with E-state index in [4.69, 9.17) is 20.8 Å². The molecule has 0 saturated carbocycles. The van der Waals surface area contributed by atoms with Crippen LogP contribution in [0.5, 0.6) is 0 Å². The summed E-state index contributed by atoms with van der Waals surface area (Å²) in [6.45, 7) is 0.317. The average Bonchev–Trinajstić information content (AvgIpc) is 3.08. The minimum atomic E-state index is -0.310. The highest BCUT2D eigenvalue weighted by molar-refractivity contribution is 6.38. The monoisotopic (exact) mass is 309 g/mol. The van der Waals surface area contributed by atoms with Gasteiger partial charge in [-0.2, -0.15) is 0 Å². The Morgan fingerprint density at radius 3 is 2.95 bits per heavy atom. The highest BCUT2D eigenvalue weighted by atomic mass is 35.5. The Hall–Kier alpha value is -1.56. The fourth-order valence-corrected chi connectivity index (χ4v) is 3.02. The molecule has 0 radical (unpaired) electrons. The second-order valence-corrected chi connectivity index (χ2v) is 5.51. The minimum Gasteiger partial charge on any atom is -0.449 e. The summed E-state index contributed by atoms with van der Waals surface area (Å²) in [5.74, 6) is -0.192. The lowest BCUT2D eigenvalue weighted by Crippen LogP contribution is -2.38. The molecule has 1 aliphatic rings. The van der Waals surface area contributed by atoms with Gasteiger partial charge in [0.25, 0.3) is 5.91 Å². The van der Waals surface area contributed by atoms with E-state index in [9.17, 15) is 9.90 Å². The molecule has 0 spiro atoms. The van der Waals surface area contributed by atoms with Crippen LogP contribution in [-0.2, 0) is 4.74 Å². The zero-order valence-electron chi connectivity index (χ0n) is 11.6. The Morgan fingerprint density at radius 1 is 1.52 bits per heavy atom. The predicted octanol–water partition coefficient (Wildman–Crippen LogP) is 2.31. The highest BCUT2D eigenvalue weighted by Crippen LogP contribution is 2.32. The van der Waals surface area contributed by atoms with Crippen LogP contribution in [0.2, 0.25) is 5.02 Å². The summed E-state index contributed by atoms with van der Waals surface area (Å²) in [4.78, 5) is 14.2. The summed E-state index contributed by atoms with van der Waals surface area (Å²) in [5.41, 5.74) is 0.578. The maximum absolute atomic E-state index is 12.6. The zero-order chi connectivity index (χ0) is 15.0. The number of hydrogen-bond donors (Lipinski definition) is 1. The van der Waals surface area contributed by atoms with Gasteiger partial charge in [-0.05, 0) is 18.6 Å². The van der Waals surface area contributed by atoms with Crippen LogP contribution in [-0.4, -0.2) is 48.3 Å². The largest absolute Gasteiger partial charge is 0.449 e. The topological polar surface area (TPSA) is 62.9 Å². The third kappa shape index (κ3) is 2.41. The second kappa shape index (κ2) is 5.67. The SMILES string of the molecule is CO[C@@H]1C[C@@H](CO)N(C(=O)c2oc3ccccc3c2Cl)C1. The maximum atomic E-state index is 12.6.